The molecule has 90 valence electrons. The third-order valence-corrected chi connectivity index (χ3v) is 2.11. The minimum atomic E-state index is -1.30. The number of hydrogen-bond acceptors (Lipinski definition) is 6. The first kappa shape index (κ1) is 11.1. The fourth-order valence-corrected chi connectivity index (χ4v) is 1.21. The van der Waals surface area contributed by atoms with Crippen molar-refractivity contribution in [3.63, 3.8) is 0 Å². The van der Waals surface area contributed by atoms with Crippen LogP contribution in [0.4, 0.5) is 5.82 Å². The molecule has 2 aromatic heterocycles. The second kappa shape index (κ2) is 4.22. The topological polar surface area (TPSA) is 138 Å². The van der Waals surface area contributed by atoms with Crippen LogP contribution in [-0.4, -0.2) is 43.2 Å². The average molecular weight is 238 g/mol. The van der Waals surface area contributed by atoms with Gasteiger partial charge in [-0.25, -0.2) is 19.3 Å². The third-order valence-electron chi connectivity index (χ3n) is 2.11. The fraction of sp³-hybridized carbons (Fsp3) is 0.250. The van der Waals surface area contributed by atoms with Gasteiger partial charge in [0.05, 0.1) is 6.54 Å². The molecule has 1 unspecified atom stereocenters. The lowest BCUT2D eigenvalue weighted by molar-refractivity contribution is -0.125. The minimum absolute atomic E-state index is 0.0623. The van der Waals surface area contributed by atoms with E-state index >= 15 is 0 Å². The molecule has 5 N–H and O–H groups in total. The van der Waals surface area contributed by atoms with Gasteiger partial charge in [-0.3, -0.25) is 4.79 Å². The summed E-state index contributed by atoms with van der Waals surface area (Å²) in [5.74, 6) is -0.452. The highest BCUT2D eigenvalue weighted by Crippen LogP contribution is 2.03. The molecule has 2 aromatic rings. The predicted molar refractivity (Wildman–Crippen MR) is 57.3 cm³/mol. The molecule has 1 amide bonds. The van der Waals surface area contributed by atoms with Crippen molar-refractivity contribution in [2.75, 3.05) is 11.9 Å². The number of carbonyl (C=O) groups excluding carboxylic acids is 1. The molecular weight excluding hydrogens is 228 g/mol. The summed E-state index contributed by atoms with van der Waals surface area (Å²) in [7, 11) is 0. The van der Waals surface area contributed by atoms with E-state index in [-0.39, 0.29) is 6.54 Å². The van der Waals surface area contributed by atoms with Crippen LogP contribution in [-0.2, 0) is 4.79 Å². The highest BCUT2D eigenvalue weighted by atomic mass is 16.3. The lowest BCUT2D eigenvalue weighted by Crippen LogP contribution is -2.34. The summed E-state index contributed by atoms with van der Waals surface area (Å²) in [5.41, 5.74) is 4.87. The number of nitrogens with two attached hydrogens (primary N) is 1. The van der Waals surface area contributed by atoms with Gasteiger partial charge in [0.1, 0.15) is 18.2 Å². The van der Waals surface area contributed by atoms with Crippen LogP contribution < -0.4 is 16.7 Å². The summed E-state index contributed by atoms with van der Waals surface area (Å²) in [6.45, 7) is -0.0623. The molecule has 0 aliphatic carbocycles. The SMILES string of the molecule is NC(=O)C(O)CNc1cc2n[nH]c(=O)n2cn1. The van der Waals surface area contributed by atoms with E-state index in [0.29, 0.717) is 11.5 Å². The molecule has 17 heavy (non-hydrogen) atoms. The number of nitrogens with zero attached hydrogens (tertiary/aromatic N) is 3. The zero-order valence-corrected chi connectivity index (χ0v) is 8.62. The Kier molecular flexibility index (Phi) is 2.75. The molecule has 9 nitrogen and oxygen atoms in total. The minimum Gasteiger partial charge on any atom is -0.381 e. The van der Waals surface area contributed by atoms with E-state index < -0.39 is 17.7 Å². The van der Waals surface area contributed by atoms with Gasteiger partial charge in [0.25, 0.3) is 0 Å². The highest BCUT2D eigenvalue weighted by Gasteiger charge is 2.10. The van der Waals surface area contributed by atoms with Crippen molar-refractivity contribution < 1.29 is 9.90 Å². The van der Waals surface area contributed by atoms with Crippen LogP contribution in [0.15, 0.2) is 17.2 Å². The number of aliphatic hydroxyl groups excluding tert-OH is 1. The van der Waals surface area contributed by atoms with E-state index in [0.717, 1.165) is 0 Å². The lowest BCUT2D eigenvalue weighted by Gasteiger charge is -2.08. The number of aromatic nitrogens is 4. The number of anilines is 1. The number of primary amides is 1. The van der Waals surface area contributed by atoms with Crippen LogP contribution in [0.5, 0.6) is 0 Å². The molecule has 0 radical (unpaired) electrons. The first-order valence-corrected chi connectivity index (χ1v) is 4.72. The Labute approximate surface area is 94.3 Å². The Balaban J connectivity index is 2.14. The van der Waals surface area contributed by atoms with Crippen LogP contribution in [0, 0.1) is 0 Å². The number of hydrogen-bond donors (Lipinski definition) is 4. The Morgan fingerprint density at radius 2 is 2.47 bits per heavy atom. The van der Waals surface area contributed by atoms with Gasteiger partial charge in [0.15, 0.2) is 5.65 Å². The monoisotopic (exact) mass is 238 g/mol. The van der Waals surface area contributed by atoms with Gasteiger partial charge in [-0.05, 0) is 0 Å². The van der Waals surface area contributed by atoms with Crippen LogP contribution in [0.1, 0.15) is 0 Å². The van der Waals surface area contributed by atoms with Crippen LogP contribution in [0.25, 0.3) is 5.65 Å². The maximum atomic E-state index is 11.1. The molecule has 2 heterocycles. The number of nitrogens with one attached hydrogen (secondary N) is 2. The van der Waals surface area contributed by atoms with E-state index in [2.05, 4.69) is 20.5 Å². The van der Waals surface area contributed by atoms with Gasteiger partial charge in [-0.15, -0.1) is 0 Å². The predicted octanol–water partition coefficient (Wildman–Crippen LogP) is -2.32. The molecule has 2 rings (SSSR count). The number of aliphatic hydroxyl groups is 1. The van der Waals surface area contributed by atoms with E-state index in [1.165, 1.54) is 16.8 Å². The van der Waals surface area contributed by atoms with Gasteiger partial charge in [0, 0.05) is 6.07 Å². The molecule has 0 fully saturated rings. The number of H-pyrrole nitrogens is 1. The molecule has 0 aliphatic rings. The quantitative estimate of drug-likeness (QED) is 0.471. The second-order valence-electron chi connectivity index (χ2n) is 3.33. The van der Waals surface area contributed by atoms with E-state index in [1.807, 2.05) is 0 Å². The van der Waals surface area contributed by atoms with E-state index in [1.54, 1.807) is 0 Å². The molecule has 1 atom stereocenters. The molecule has 0 bridgehead atoms. The maximum absolute atomic E-state index is 11.1. The third kappa shape index (κ3) is 2.23. The average Bonchev–Trinajstić information content (AvgIpc) is 2.67. The molecule has 0 aliphatic heterocycles. The number of aromatic amines is 1. The number of carbonyl (C=O) groups is 1. The summed E-state index contributed by atoms with van der Waals surface area (Å²) >= 11 is 0. The fourth-order valence-electron chi connectivity index (χ4n) is 1.21. The van der Waals surface area contributed by atoms with Crippen LogP contribution in [0.2, 0.25) is 0 Å². The number of fused-ring (bicyclic) bond motifs is 1. The van der Waals surface area contributed by atoms with E-state index in [9.17, 15) is 9.59 Å². The van der Waals surface area contributed by atoms with Crippen molar-refractivity contribution in [1.29, 1.82) is 0 Å². The maximum Gasteiger partial charge on any atom is 0.348 e. The summed E-state index contributed by atoms with van der Waals surface area (Å²) in [6.07, 6.45) is -0.0189. The molecule has 0 spiro atoms. The Bertz CT molecular complexity index is 603. The normalized spacial score (nSPS) is 12.5. The lowest BCUT2D eigenvalue weighted by atomic mass is 10.3. The van der Waals surface area contributed by atoms with Crippen molar-refractivity contribution >= 4 is 17.4 Å². The van der Waals surface area contributed by atoms with Crippen LogP contribution in [0.3, 0.4) is 0 Å². The summed E-state index contributed by atoms with van der Waals surface area (Å²) in [6, 6.07) is 1.49. The summed E-state index contributed by atoms with van der Waals surface area (Å²) < 4.78 is 1.22. The van der Waals surface area contributed by atoms with Gasteiger partial charge in [-0.1, -0.05) is 0 Å². The van der Waals surface area contributed by atoms with Crippen molar-refractivity contribution in [3.05, 3.63) is 22.9 Å². The summed E-state index contributed by atoms with van der Waals surface area (Å²) in [5, 5.41) is 17.8. The molecular formula is C8H10N6O3. The largest absolute Gasteiger partial charge is 0.381 e. The smallest absolute Gasteiger partial charge is 0.348 e. The first-order valence-electron chi connectivity index (χ1n) is 4.72. The Morgan fingerprint density at radius 1 is 1.71 bits per heavy atom. The molecule has 0 saturated heterocycles. The van der Waals surface area contributed by atoms with Gasteiger partial charge in [-0.2, -0.15) is 5.10 Å². The molecule has 0 aromatic carbocycles. The number of amides is 1. The Hall–Kier alpha value is -2.42. The number of rotatable bonds is 4. The summed E-state index contributed by atoms with van der Waals surface area (Å²) in [4.78, 5) is 25.6. The second-order valence-corrected chi connectivity index (χ2v) is 3.33. The van der Waals surface area contributed by atoms with Crippen molar-refractivity contribution in [3.8, 4) is 0 Å². The molecule has 9 heteroatoms. The molecule has 0 saturated carbocycles. The van der Waals surface area contributed by atoms with Gasteiger partial charge in [0.2, 0.25) is 5.91 Å². The van der Waals surface area contributed by atoms with Crippen molar-refractivity contribution in [2.24, 2.45) is 5.73 Å². The zero-order chi connectivity index (χ0) is 12.4. The Morgan fingerprint density at radius 3 is 3.18 bits per heavy atom. The van der Waals surface area contributed by atoms with Gasteiger partial charge < -0.3 is 16.2 Å². The first-order chi connectivity index (χ1) is 8.08. The van der Waals surface area contributed by atoms with Gasteiger partial charge >= 0.3 is 5.69 Å². The zero-order valence-electron chi connectivity index (χ0n) is 8.62. The van der Waals surface area contributed by atoms with Crippen molar-refractivity contribution in [2.45, 2.75) is 6.10 Å². The van der Waals surface area contributed by atoms with Crippen molar-refractivity contribution in [1.82, 2.24) is 19.6 Å². The van der Waals surface area contributed by atoms with Crippen LogP contribution >= 0.6 is 0 Å². The highest BCUT2D eigenvalue weighted by molar-refractivity contribution is 5.79. The standard InChI is InChI=1S/C8H10N6O3/c9-7(16)4(15)2-10-5-1-6-12-13-8(17)14(6)3-11-5/h1,3-4,10,15H,2H2,(H2,9,16)(H,13,17). The van der Waals surface area contributed by atoms with E-state index in [4.69, 9.17) is 10.8 Å².